The lowest BCUT2D eigenvalue weighted by molar-refractivity contribution is -0.122. The van der Waals surface area contributed by atoms with E-state index in [1.165, 1.54) is 0 Å². The van der Waals surface area contributed by atoms with Gasteiger partial charge in [0.15, 0.2) is 0 Å². The molecule has 0 spiro atoms. The van der Waals surface area contributed by atoms with Gasteiger partial charge in [-0.3, -0.25) is 9.69 Å². The van der Waals surface area contributed by atoms with Crippen LogP contribution in [0, 0.1) is 11.3 Å². The van der Waals surface area contributed by atoms with E-state index in [4.69, 9.17) is 5.26 Å². The summed E-state index contributed by atoms with van der Waals surface area (Å²) >= 11 is 0. The van der Waals surface area contributed by atoms with Gasteiger partial charge in [-0.15, -0.1) is 0 Å². The maximum absolute atomic E-state index is 11.9. The van der Waals surface area contributed by atoms with Gasteiger partial charge in [0.05, 0.1) is 12.5 Å². The molecule has 0 aliphatic carbocycles. The van der Waals surface area contributed by atoms with E-state index in [1.807, 2.05) is 36.4 Å². The predicted octanol–water partition coefficient (Wildman–Crippen LogP) is 1.49. The van der Waals surface area contributed by atoms with Crippen LogP contribution in [0.2, 0.25) is 0 Å². The van der Waals surface area contributed by atoms with E-state index >= 15 is 0 Å². The topological polar surface area (TPSA) is 73.2 Å². The molecule has 0 bridgehead atoms. The first kappa shape index (κ1) is 11.9. The van der Waals surface area contributed by atoms with Crippen LogP contribution in [0.4, 0.5) is 4.79 Å². The Bertz CT molecular complexity index is 543. The number of hydrogen-bond donors (Lipinski definition) is 1. The summed E-state index contributed by atoms with van der Waals surface area (Å²) in [6, 6.07) is 10.7. The Morgan fingerprint density at radius 1 is 1.28 bits per heavy atom. The molecule has 0 radical (unpaired) electrons. The van der Waals surface area contributed by atoms with E-state index < -0.39 is 6.03 Å². The highest BCUT2D eigenvalue weighted by atomic mass is 16.2. The molecule has 0 atom stereocenters. The number of benzene rings is 1. The Morgan fingerprint density at radius 3 is 2.67 bits per heavy atom. The van der Waals surface area contributed by atoms with E-state index in [0.717, 1.165) is 10.5 Å². The largest absolute Gasteiger partial charge is 0.329 e. The summed E-state index contributed by atoms with van der Waals surface area (Å²) in [5.41, 5.74) is 1.08. The Kier molecular flexibility index (Phi) is 3.39. The molecule has 0 saturated carbocycles. The lowest BCUT2D eigenvalue weighted by Crippen LogP contribution is -2.31. The Balaban J connectivity index is 2.18. The predicted molar refractivity (Wildman–Crippen MR) is 64.9 cm³/mol. The zero-order chi connectivity index (χ0) is 13.0. The molecule has 0 unspecified atom stereocenters. The average molecular weight is 241 g/mol. The number of amides is 3. The second-order valence-electron chi connectivity index (χ2n) is 3.76. The summed E-state index contributed by atoms with van der Waals surface area (Å²) in [7, 11) is 0. The standard InChI is InChI=1S/C13H11N3O2/c14-7-4-8-16-12(17)11(15-13(16)18)9-10-5-2-1-3-6-10/h1-3,5-6,9H,4,8H2,(H,15,18)/b11-9-. The fraction of sp³-hybridized carbons (Fsp3) is 0.154. The summed E-state index contributed by atoms with van der Waals surface area (Å²) in [6.45, 7) is 0.118. The van der Waals surface area contributed by atoms with Gasteiger partial charge >= 0.3 is 6.03 Å². The van der Waals surface area contributed by atoms with Crippen molar-refractivity contribution in [3.63, 3.8) is 0 Å². The Labute approximate surface area is 104 Å². The van der Waals surface area contributed by atoms with Crippen molar-refractivity contribution in [1.82, 2.24) is 10.2 Å². The highest BCUT2D eigenvalue weighted by Crippen LogP contribution is 2.13. The molecule has 1 aromatic rings. The van der Waals surface area contributed by atoms with Gasteiger partial charge in [-0.25, -0.2) is 4.79 Å². The van der Waals surface area contributed by atoms with Crippen molar-refractivity contribution in [2.75, 3.05) is 6.54 Å². The molecule has 1 aliphatic heterocycles. The zero-order valence-corrected chi connectivity index (χ0v) is 9.59. The molecule has 5 nitrogen and oxygen atoms in total. The number of nitrogens with zero attached hydrogens (tertiary/aromatic N) is 2. The average Bonchev–Trinajstić information content (AvgIpc) is 2.64. The molecule has 1 aliphatic rings. The van der Waals surface area contributed by atoms with Gasteiger partial charge in [-0.05, 0) is 11.6 Å². The van der Waals surface area contributed by atoms with Crippen LogP contribution in [0.3, 0.4) is 0 Å². The molecule has 1 aromatic carbocycles. The fourth-order valence-electron chi connectivity index (χ4n) is 1.65. The van der Waals surface area contributed by atoms with Crippen LogP contribution in [-0.2, 0) is 4.79 Å². The first-order chi connectivity index (χ1) is 8.72. The van der Waals surface area contributed by atoms with Gasteiger partial charge < -0.3 is 5.32 Å². The molecular formula is C13H11N3O2. The molecule has 18 heavy (non-hydrogen) atoms. The Hall–Kier alpha value is -2.61. The minimum Gasteiger partial charge on any atom is -0.303 e. The van der Waals surface area contributed by atoms with Crippen molar-refractivity contribution in [1.29, 1.82) is 5.26 Å². The summed E-state index contributed by atoms with van der Waals surface area (Å²) in [4.78, 5) is 24.5. The third-order valence-electron chi connectivity index (χ3n) is 2.52. The van der Waals surface area contributed by atoms with E-state index in [0.29, 0.717) is 0 Å². The van der Waals surface area contributed by atoms with Crippen molar-refractivity contribution < 1.29 is 9.59 Å². The number of hydrogen-bond acceptors (Lipinski definition) is 3. The van der Waals surface area contributed by atoms with Crippen molar-refractivity contribution in [2.24, 2.45) is 0 Å². The number of nitrogens with one attached hydrogen (secondary N) is 1. The summed E-state index contributed by atoms with van der Waals surface area (Å²) in [5.74, 6) is -0.390. The van der Waals surface area contributed by atoms with Crippen molar-refractivity contribution in [2.45, 2.75) is 6.42 Å². The van der Waals surface area contributed by atoms with E-state index in [2.05, 4.69) is 5.32 Å². The molecule has 1 fully saturated rings. The van der Waals surface area contributed by atoms with Gasteiger partial charge in [0.25, 0.3) is 5.91 Å². The summed E-state index contributed by atoms with van der Waals surface area (Å²) in [5, 5.41) is 11.0. The molecule has 3 amide bonds. The van der Waals surface area contributed by atoms with Crippen molar-refractivity contribution in [3.05, 3.63) is 41.6 Å². The SMILES string of the molecule is N#CCCN1C(=O)N/C(=C\c2ccccc2)C1=O. The second kappa shape index (κ2) is 5.15. The molecule has 90 valence electrons. The van der Waals surface area contributed by atoms with Crippen LogP contribution < -0.4 is 5.32 Å². The van der Waals surface area contributed by atoms with Gasteiger partial charge in [0.2, 0.25) is 0 Å². The molecule has 1 saturated heterocycles. The summed E-state index contributed by atoms with van der Waals surface area (Å²) < 4.78 is 0. The lowest BCUT2D eigenvalue weighted by atomic mass is 10.2. The third-order valence-corrected chi connectivity index (χ3v) is 2.52. The number of carbonyl (C=O) groups excluding carboxylic acids is 2. The first-order valence-electron chi connectivity index (χ1n) is 5.49. The van der Waals surface area contributed by atoms with Crippen LogP contribution in [0.1, 0.15) is 12.0 Å². The van der Waals surface area contributed by atoms with Gasteiger partial charge in [0, 0.05) is 6.54 Å². The number of rotatable bonds is 3. The van der Waals surface area contributed by atoms with Crippen LogP contribution in [-0.4, -0.2) is 23.4 Å². The quantitative estimate of drug-likeness (QED) is 0.643. The van der Waals surface area contributed by atoms with Crippen molar-refractivity contribution >= 4 is 18.0 Å². The Morgan fingerprint density at radius 2 is 2.00 bits per heavy atom. The zero-order valence-electron chi connectivity index (χ0n) is 9.59. The van der Waals surface area contributed by atoms with E-state index in [1.54, 1.807) is 6.08 Å². The number of imide groups is 1. The molecule has 0 aromatic heterocycles. The minimum atomic E-state index is -0.475. The molecule has 5 heteroatoms. The summed E-state index contributed by atoms with van der Waals surface area (Å²) in [6.07, 6.45) is 1.75. The monoisotopic (exact) mass is 241 g/mol. The van der Waals surface area contributed by atoms with Crippen LogP contribution in [0.5, 0.6) is 0 Å². The maximum Gasteiger partial charge on any atom is 0.329 e. The minimum absolute atomic E-state index is 0.118. The molecule has 2 rings (SSSR count). The first-order valence-corrected chi connectivity index (χ1v) is 5.49. The number of urea groups is 1. The van der Waals surface area contributed by atoms with E-state index in [9.17, 15) is 9.59 Å². The maximum atomic E-state index is 11.9. The van der Waals surface area contributed by atoms with Crippen LogP contribution in [0.15, 0.2) is 36.0 Å². The van der Waals surface area contributed by atoms with Gasteiger partial charge in [0.1, 0.15) is 5.70 Å². The molecule has 1 heterocycles. The second-order valence-corrected chi connectivity index (χ2v) is 3.76. The number of carbonyl (C=O) groups is 2. The molecular weight excluding hydrogens is 230 g/mol. The van der Waals surface area contributed by atoms with Crippen molar-refractivity contribution in [3.8, 4) is 6.07 Å². The normalized spacial score (nSPS) is 16.8. The smallest absolute Gasteiger partial charge is 0.303 e. The molecule has 1 N–H and O–H groups in total. The highest BCUT2D eigenvalue weighted by Gasteiger charge is 2.32. The van der Waals surface area contributed by atoms with E-state index in [-0.39, 0.29) is 24.6 Å². The van der Waals surface area contributed by atoms with Crippen LogP contribution in [0.25, 0.3) is 6.08 Å². The lowest BCUT2D eigenvalue weighted by Gasteiger charge is -2.07. The van der Waals surface area contributed by atoms with Gasteiger partial charge in [-0.1, -0.05) is 30.3 Å². The highest BCUT2D eigenvalue weighted by molar-refractivity contribution is 6.13. The fourth-order valence-corrected chi connectivity index (χ4v) is 1.65. The van der Waals surface area contributed by atoms with Gasteiger partial charge in [-0.2, -0.15) is 5.26 Å². The van der Waals surface area contributed by atoms with Crippen LogP contribution >= 0.6 is 0 Å². The number of nitriles is 1. The third kappa shape index (κ3) is 2.38.